The minimum atomic E-state index is -0.843. The number of nitro groups is 1. The second-order valence-electron chi connectivity index (χ2n) is 4.03. The highest BCUT2D eigenvalue weighted by molar-refractivity contribution is 5.94. The Morgan fingerprint density at radius 1 is 1.36 bits per heavy atom. The third kappa shape index (κ3) is 3.16. The molecule has 0 bridgehead atoms. The van der Waals surface area contributed by atoms with Gasteiger partial charge in [0, 0.05) is 24.4 Å². The molecule has 0 radical (unpaired) electrons. The first-order valence-electron chi connectivity index (χ1n) is 5.96. The maximum atomic E-state index is 11.6. The van der Waals surface area contributed by atoms with Crippen molar-refractivity contribution in [3.8, 4) is 17.7 Å². The fraction of sp³-hybridized carbons (Fsp3) is 0.0714. The summed E-state index contributed by atoms with van der Waals surface area (Å²) in [5.41, 5.74) is -0.239. The summed E-state index contributed by atoms with van der Waals surface area (Å²) in [6.45, 7) is 0. The van der Waals surface area contributed by atoms with Gasteiger partial charge in [-0.05, 0) is 12.1 Å². The Labute approximate surface area is 124 Å². The summed E-state index contributed by atoms with van der Waals surface area (Å²) in [5, 5.41) is 19.6. The number of pyridine rings is 1. The van der Waals surface area contributed by atoms with Gasteiger partial charge in [0.25, 0.3) is 5.69 Å². The Morgan fingerprint density at radius 2 is 2.14 bits per heavy atom. The molecular weight excluding hydrogens is 290 g/mol. The van der Waals surface area contributed by atoms with Crippen molar-refractivity contribution in [3.63, 3.8) is 0 Å². The summed E-state index contributed by atoms with van der Waals surface area (Å²) in [6, 6.07) is 8.57. The molecule has 1 heterocycles. The Morgan fingerprint density at radius 3 is 2.68 bits per heavy atom. The quantitative estimate of drug-likeness (QED) is 0.483. The lowest BCUT2D eigenvalue weighted by molar-refractivity contribution is -0.385. The van der Waals surface area contributed by atoms with E-state index in [1.807, 2.05) is 6.07 Å². The van der Waals surface area contributed by atoms with Crippen molar-refractivity contribution in [2.75, 3.05) is 7.11 Å². The third-order valence-corrected chi connectivity index (χ3v) is 2.66. The van der Waals surface area contributed by atoms with Crippen LogP contribution in [0.3, 0.4) is 0 Å². The van der Waals surface area contributed by atoms with Gasteiger partial charge >= 0.3 is 5.97 Å². The van der Waals surface area contributed by atoms with Gasteiger partial charge in [-0.25, -0.2) is 9.78 Å². The average Bonchev–Trinajstić information content (AvgIpc) is 2.54. The number of hydrogen-bond donors (Lipinski definition) is 0. The summed E-state index contributed by atoms with van der Waals surface area (Å²) < 4.78 is 9.91. The first-order valence-corrected chi connectivity index (χ1v) is 5.96. The maximum Gasteiger partial charge on any atom is 0.345 e. The van der Waals surface area contributed by atoms with Crippen molar-refractivity contribution >= 4 is 11.7 Å². The molecule has 0 N–H and O–H groups in total. The van der Waals surface area contributed by atoms with E-state index in [0.29, 0.717) is 5.56 Å². The molecule has 0 spiro atoms. The first-order chi connectivity index (χ1) is 10.5. The van der Waals surface area contributed by atoms with Crippen LogP contribution in [-0.4, -0.2) is 23.0 Å². The highest BCUT2D eigenvalue weighted by atomic mass is 16.6. The van der Waals surface area contributed by atoms with Crippen molar-refractivity contribution in [1.82, 2.24) is 4.98 Å². The molecule has 8 nitrogen and oxygen atoms in total. The maximum absolute atomic E-state index is 11.6. The molecule has 0 fully saturated rings. The number of carbonyl (C=O) groups excluding carboxylic acids is 1. The number of esters is 1. The zero-order chi connectivity index (χ0) is 16.1. The molecule has 22 heavy (non-hydrogen) atoms. The molecule has 1 aromatic heterocycles. The Balaban J connectivity index is 2.33. The van der Waals surface area contributed by atoms with Crippen LogP contribution in [0, 0.1) is 21.4 Å². The van der Waals surface area contributed by atoms with Gasteiger partial charge in [0.15, 0.2) is 0 Å². The van der Waals surface area contributed by atoms with Gasteiger partial charge in [0.2, 0.25) is 5.88 Å². The summed E-state index contributed by atoms with van der Waals surface area (Å²) in [4.78, 5) is 25.7. The highest BCUT2D eigenvalue weighted by Crippen LogP contribution is 2.27. The molecular formula is C14H9N3O5. The smallest absolute Gasteiger partial charge is 0.345 e. The van der Waals surface area contributed by atoms with Crippen LogP contribution in [-0.2, 0) is 4.74 Å². The lowest BCUT2D eigenvalue weighted by Crippen LogP contribution is -2.06. The number of aromatic nitrogens is 1. The van der Waals surface area contributed by atoms with E-state index in [-0.39, 0.29) is 22.9 Å². The normalized spacial score (nSPS) is 9.64. The molecule has 8 heteroatoms. The van der Waals surface area contributed by atoms with Crippen LogP contribution in [0.2, 0.25) is 0 Å². The van der Waals surface area contributed by atoms with Crippen LogP contribution in [0.5, 0.6) is 11.6 Å². The number of nitriles is 1. The second kappa shape index (κ2) is 6.32. The molecule has 1 aromatic carbocycles. The predicted octanol–water partition coefficient (Wildman–Crippen LogP) is 2.44. The fourth-order valence-corrected chi connectivity index (χ4v) is 1.64. The van der Waals surface area contributed by atoms with Gasteiger partial charge in [-0.15, -0.1) is 0 Å². The molecule has 0 aliphatic rings. The molecule has 0 amide bonds. The average molecular weight is 299 g/mol. The van der Waals surface area contributed by atoms with E-state index < -0.39 is 10.9 Å². The number of hydrogen-bond acceptors (Lipinski definition) is 7. The topological polar surface area (TPSA) is 115 Å². The summed E-state index contributed by atoms with van der Waals surface area (Å²) in [7, 11) is 1.13. The summed E-state index contributed by atoms with van der Waals surface area (Å²) >= 11 is 0. The van der Waals surface area contributed by atoms with Crippen LogP contribution in [0.4, 0.5) is 5.69 Å². The Hall–Kier alpha value is -3.47. The van der Waals surface area contributed by atoms with Crippen molar-refractivity contribution in [1.29, 1.82) is 5.26 Å². The van der Waals surface area contributed by atoms with E-state index in [2.05, 4.69) is 9.72 Å². The number of rotatable bonds is 4. The van der Waals surface area contributed by atoms with Crippen molar-refractivity contribution in [2.24, 2.45) is 0 Å². The van der Waals surface area contributed by atoms with Gasteiger partial charge in [0.05, 0.1) is 17.6 Å². The predicted molar refractivity (Wildman–Crippen MR) is 73.5 cm³/mol. The molecule has 0 saturated heterocycles. The minimum absolute atomic E-state index is 0.184. The molecule has 2 rings (SSSR count). The van der Waals surface area contributed by atoms with Crippen molar-refractivity contribution in [3.05, 3.63) is 57.8 Å². The van der Waals surface area contributed by atoms with E-state index in [1.165, 1.54) is 30.5 Å². The van der Waals surface area contributed by atoms with Gasteiger partial charge in [-0.3, -0.25) is 10.1 Å². The van der Waals surface area contributed by atoms with Crippen LogP contribution in [0.15, 0.2) is 36.5 Å². The number of nitrogens with zero attached hydrogens (tertiary/aromatic N) is 3. The lowest BCUT2D eigenvalue weighted by atomic mass is 10.1. The molecule has 0 saturated carbocycles. The van der Waals surface area contributed by atoms with Crippen molar-refractivity contribution < 1.29 is 19.2 Å². The van der Waals surface area contributed by atoms with E-state index in [9.17, 15) is 14.9 Å². The molecule has 2 aromatic rings. The zero-order valence-corrected chi connectivity index (χ0v) is 11.3. The molecule has 110 valence electrons. The van der Waals surface area contributed by atoms with Gasteiger partial charge < -0.3 is 9.47 Å². The summed E-state index contributed by atoms with van der Waals surface area (Å²) in [6.07, 6.45) is 1.32. The molecule has 0 aliphatic heterocycles. The largest absolute Gasteiger partial charge is 0.465 e. The standard InChI is InChI=1S/C14H9N3O5/c1-21-14(18)11-6-10(3-4-12(11)17(19)20)22-13-5-2-9(7-15)8-16-13/h2-6,8H,1H3. The molecule has 0 aliphatic carbocycles. The van der Waals surface area contributed by atoms with Gasteiger partial charge in [-0.1, -0.05) is 0 Å². The number of benzene rings is 1. The Kier molecular flexibility index (Phi) is 4.29. The van der Waals surface area contributed by atoms with E-state index in [4.69, 9.17) is 10.00 Å². The molecule has 0 atom stereocenters. The monoisotopic (exact) mass is 299 g/mol. The van der Waals surface area contributed by atoms with Crippen LogP contribution in [0.1, 0.15) is 15.9 Å². The Bertz CT molecular complexity index is 765. The number of nitro benzene ring substituents is 1. The van der Waals surface area contributed by atoms with E-state index >= 15 is 0 Å². The number of methoxy groups -OCH3 is 1. The van der Waals surface area contributed by atoms with Gasteiger partial charge in [-0.2, -0.15) is 5.26 Å². The zero-order valence-electron chi connectivity index (χ0n) is 11.3. The second-order valence-corrected chi connectivity index (χ2v) is 4.03. The highest BCUT2D eigenvalue weighted by Gasteiger charge is 2.21. The number of carbonyl (C=O) groups is 1. The van der Waals surface area contributed by atoms with Gasteiger partial charge in [0.1, 0.15) is 17.4 Å². The summed E-state index contributed by atoms with van der Waals surface area (Å²) in [5.74, 6) is -0.475. The third-order valence-electron chi connectivity index (χ3n) is 2.66. The molecule has 0 unspecified atom stereocenters. The van der Waals surface area contributed by atoms with Crippen LogP contribution >= 0.6 is 0 Å². The minimum Gasteiger partial charge on any atom is -0.465 e. The van der Waals surface area contributed by atoms with E-state index in [1.54, 1.807) is 0 Å². The fourth-order valence-electron chi connectivity index (χ4n) is 1.64. The number of ether oxygens (including phenoxy) is 2. The van der Waals surface area contributed by atoms with Crippen LogP contribution in [0.25, 0.3) is 0 Å². The van der Waals surface area contributed by atoms with Crippen molar-refractivity contribution in [2.45, 2.75) is 0 Å². The van der Waals surface area contributed by atoms with Crippen LogP contribution < -0.4 is 4.74 Å². The lowest BCUT2D eigenvalue weighted by Gasteiger charge is -2.06. The first kappa shape index (κ1) is 14.9. The SMILES string of the molecule is COC(=O)c1cc(Oc2ccc(C#N)cn2)ccc1[N+](=O)[O-]. The van der Waals surface area contributed by atoms with E-state index in [0.717, 1.165) is 13.2 Å².